The molecule has 0 saturated carbocycles. The number of unbranched alkanes of at least 4 members (excludes halogenated alkanes) is 4. The van der Waals surface area contributed by atoms with Gasteiger partial charge in [0.2, 0.25) is 0 Å². The molecule has 1 N–H and O–H groups in total. The van der Waals surface area contributed by atoms with E-state index in [1.165, 1.54) is 12.8 Å². The van der Waals surface area contributed by atoms with E-state index in [4.69, 9.17) is 9.84 Å². The predicted octanol–water partition coefficient (Wildman–Crippen LogP) is 2.53. The molecule has 1 saturated heterocycles. The van der Waals surface area contributed by atoms with Gasteiger partial charge < -0.3 is 9.84 Å². The summed E-state index contributed by atoms with van der Waals surface area (Å²) in [6, 6.07) is 0. The Bertz CT molecular complexity index is 309. The highest BCUT2D eigenvalue weighted by Crippen LogP contribution is 2.30. The largest absolute Gasteiger partial charge is 0.481 e. The van der Waals surface area contributed by atoms with E-state index in [0.717, 1.165) is 19.3 Å². The normalized spacial score (nSPS) is 23.8. The van der Waals surface area contributed by atoms with Crippen molar-refractivity contribution in [1.29, 1.82) is 0 Å². The number of carboxylic acids is 1. The number of carbonyl (C=O) groups is 2. The van der Waals surface area contributed by atoms with E-state index in [1.54, 1.807) is 0 Å². The lowest BCUT2D eigenvalue weighted by Gasteiger charge is -2.13. The maximum absolute atomic E-state index is 11.2. The standard InChI is InChI=1S/C13H20O4/c1-3-4-5-6-7-8-10-11(12(14)15)9(2)13(16)17-10/h10-11H,2-8H2,1H3,(H,14,15)/t10-,11+/m1/s1. The van der Waals surface area contributed by atoms with Gasteiger partial charge in [0.15, 0.2) is 0 Å². The van der Waals surface area contributed by atoms with Crippen molar-refractivity contribution in [3.05, 3.63) is 12.2 Å². The van der Waals surface area contributed by atoms with Gasteiger partial charge in [-0.2, -0.15) is 0 Å². The summed E-state index contributed by atoms with van der Waals surface area (Å²) >= 11 is 0. The van der Waals surface area contributed by atoms with Crippen LogP contribution in [0.15, 0.2) is 12.2 Å². The summed E-state index contributed by atoms with van der Waals surface area (Å²) in [7, 11) is 0. The average molecular weight is 240 g/mol. The van der Waals surface area contributed by atoms with Gasteiger partial charge in [-0.3, -0.25) is 4.79 Å². The number of esters is 1. The van der Waals surface area contributed by atoms with Crippen molar-refractivity contribution in [1.82, 2.24) is 0 Å². The zero-order valence-corrected chi connectivity index (χ0v) is 10.3. The van der Waals surface area contributed by atoms with Crippen LogP contribution in [0.5, 0.6) is 0 Å². The minimum absolute atomic E-state index is 0.0797. The van der Waals surface area contributed by atoms with Crippen molar-refractivity contribution in [2.75, 3.05) is 0 Å². The number of rotatable bonds is 7. The van der Waals surface area contributed by atoms with Crippen molar-refractivity contribution in [2.24, 2.45) is 5.92 Å². The average Bonchev–Trinajstić information content (AvgIpc) is 2.54. The third-order valence-electron chi connectivity index (χ3n) is 3.13. The Morgan fingerprint density at radius 3 is 2.59 bits per heavy atom. The first-order chi connectivity index (χ1) is 8.07. The first kappa shape index (κ1) is 13.7. The van der Waals surface area contributed by atoms with Crippen molar-refractivity contribution in [2.45, 2.75) is 51.6 Å². The number of carbonyl (C=O) groups excluding carboxylic acids is 1. The molecule has 17 heavy (non-hydrogen) atoms. The summed E-state index contributed by atoms with van der Waals surface area (Å²) in [6.45, 7) is 5.63. The Hall–Kier alpha value is -1.32. The maximum atomic E-state index is 11.2. The van der Waals surface area contributed by atoms with Gasteiger partial charge in [-0.05, 0) is 12.8 Å². The van der Waals surface area contributed by atoms with Crippen LogP contribution in [-0.4, -0.2) is 23.1 Å². The lowest BCUT2D eigenvalue weighted by molar-refractivity contribution is -0.144. The number of aliphatic carboxylic acids is 1. The minimum Gasteiger partial charge on any atom is -0.481 e. The molecule has 2 atom stereocenters. The third kappa shape index (κ3) is 3.58. The molecule has 0 unspecified atom stereocenters. The van der Waals surface area contributed by atoms with Crippen LogP contribution in [0.4, 0.5) is 0 Å². The summed E-state index contributed by atoms with van der Waals surface area (Å²) in [5.41, 5.74) is 0.0797. The third-order valence-corrected chi connectivity index (χ3v) is 3.13. The molecular weight excluding hydrogens is 220 g/mol. The van der Waals surface area contributed by atoms with Crippen molar-refractivity contribution in [3.63, 3.8) is 0 Å². The van der Waals surface area contributed by atoms with Crippen LogP contribution in [0, 0.1) is 5.92 Å². The summed E-state index contributed by atoms with van der Waals surface area (Å²) in [5.74, 6) is -2.43. The molecular formula is C13H20O4. The highest BCUT2D eigenvalue weighted by Gasteiger charge is 2.42. The Morgan fingerprint density at radius 1 is 1.35 bits per heavy atom. The van der Waals surface area contributed by atoms with E-state index in [9.17, 15) is 9.59 Å². The molecule has 0 radical (unpaired) electrons. The Labute approximate surface area is 102 Å². The molecule has 0 spiro atoms. The fraction of sp³-hybridized carbons (Fsp3) is 0.692. The van der Waals surface area contributed by atoms with Gasteiger partial charge in [0.25, 0.3) is 0 Å². The van der Waals surface area contributed by atoms with Crippen molar-refractivity contribution in [3.8, 4) is 0 Å². The highest BCUT2D eigenvalue weighted by atomic mass is 16.6. The Morgan fingerprint density at radius 2 is 2.00 bits per heavy atom. The fourth-order valence-electron chi connectivity index (χ4n) is 2.12. The number of cyclic esters (lactones) is 1. The van der Waals surface area contributed by atoms with E-state index < -0.39 is 24.0 Å². The van der Waals surface area contributed by atoms with Crippen molar-refractivity contribution < 1.29 is 19.4 Å². The Kier molecular flexibility index (Phi) is 5.19. The maximum Gasteiger partial charge on any atom is 0.334 e. The van der Waals surface area contributed by atoms with Crippen LogP contribution in [0.1, 0.15) is 45.4 Å². The SMILES string of the molecule is C=C1C(=O)O[C@H](CCCCCCC)[C@H]1C(=O)O. The Balaban J connectivity index is 2.39. The molecule has 1 aliphatic heterocycles. The fourth-order valence-corrected chi connectivity index (χ4v) is 2.12. The van der Waals surface area contributed by atoms with E-state index in [0.29, 0.717) is 6.42 Å². The molecule has 1 fully saturated rings. The summed E-state index contributed by atoms with van der Waals surface area (Å²) in [4.78, 5) is 22.3. The first-order valence-electron chi connectivity index (χ1n) is 6.20. The molecule has 4 nitrogen and oxygen atoms in total. The van der Waals surface area contributed by atoms with Crippen LogP contribution >= 0.6 is 0 Å². The smallest absolute Gasteiger partial charge is 0.334 e. The molecule has 1 rings (SSSR count). The van der Waals surface area contributed by atoms with E-state index in [2.05, 4.69) is 13.5 Å². The summed E-state index contributed by atoms with van der Waals surface area (Å²) < 4.78 is 5.03. The van der Waals surface area contributed by atoms with Gasteiger partial charge in [-0.1, -0.05) is 39.2 Å². The summed E-state index contributed by atoms with van der Waals surface area (Å²) in [6.07, 6.45) is 5.57. The van der Waals surface area contributed by atoms with Gasteiger partial charge in [-0.25, -0.2) is 4.79 Å². The highest BCUT2D eigenvalue weighted by molar-refractivity contribution is 5.97. The predicted molar refractivity (Wildman–Crippen MR) is 63.5 cm³/mol. The van der Waals surface area contributed by atoms with Crippen LogP contribution in [-0.2, 0) is 14.3 Å². The van der Waals surface area contributed by atoms with Crippen LogP contribution < -0.4 is 0 Å². The molecule has 0 aromatic carbocycles. The van der Waals surface area contributed by atoms with Crippen LogP contribution in [0.2, 0.25) is 0 Å². The second kappa shape index (κ2) is 6.42. The number of ether oxygens (including phenoxy) is 1. The molecule has 1 heterocycles. The van der Waals surface area contributed by atoms with Gasteiger partial charge in [0.1, 0.15) is 12.0 Å². The molecule has 0 bridgehead atoms. The van der Waals surface area contributed by atoms with E-state index in [1.807, 2.05) is 0 Å². The number of hydrogen-bond donors (Lipinski definition) is 1. The van der Waals surface area contributed by atoms with Gasteiger partial charge in [0.05, 0.1) is 0 Å². The first-order valence-corrected chi connectivity index (χ1v) is 6.20. The lowest BCUT2D eigenvalue weighted by atomic mass is 9.93. The molecule has 0 amide bonds. The lowest BCUT2D eigenvalue weighted by Crippen LogP contribution is -2.24. The van der Waals surface area contributed by atoms with Gasteiger partial charge in [-0.15, -0.1) is 0 Å². The van der Waals surface area contributed by atoms with Crippen LogP contribution in [0.25, 0.3) is 0 Å². The van der Waals surface area contributed by atoms with Crippen LogP contribution in [0.3, 0.4) is 0 Å². The molecule has 4 heteroatoms. The topological polar surface area (TPSA) is 63.6 Å². The van der Waals surface area contributed by atoms with E-state index >= 15 is 0 Å². The zero-order chi connectivity index (χ0) is 12.8. The van der Waals surface area contributed by atoms with E-state index in [-0.39, 0.29) is 5.57 Å². The molecule has 0 aromatic rings. The quantitative estimate of drug-likeness (QED) is 0.422. The van der Waals surface area contributed by atoms with Crippen molar-refractivity contribution >= 4 is 11.9 Å². The number of hydrogen-bond acceptors (Lipinski definition) is 3. The minimum atomic E-state index is -1.01. The van der Waals surface area contributed by atoms with Gasteiger partial charge in [0, 0.05) is 5.57 Å². The second-order valence-electron chi connectivity index (χ2n) is 4.49. The second-order valence-corrected chi connectivity index (χ2v) is 4.49. The zero-order valence-electron chi connectivity index (χ0n) is 10.3. The molecule has 0 aromatic heterocycles. The molecule has 96 valence electrons. The number of carboxylic acid groups (broad SMARTS) is 1. The van der Waals surface area contributed by atoms with Gasteiger partial charge >= 0.3 is 11.9 Å². The molecule has 0 aliphatic carbocycles. The summed E-state index contributed by atoms with van der Waals surface area (Å²) in [5, 5.41) is 9.02. The monoisotopic (exact) mass is 240 g/mol. The molecule has 1 aliphatic rings.